The van der Waals surface area contributed by atoms with Crippen LogP contribution in [0.4, 0.5) is 0 Å². The second kappa shape index (κ2) is 10.2. The van der Waals surface area contributed by atoms with Crippen LogP contribution in [0.5, 0.6) is 0 Å². The van der Waals surface area contributed by atoms with E-state index >= 15 is 0 Å². The molecular weight excluding hydrogens is 288 g/mol. The maximum absolute atomic E-state index is 11.5. The van der Waals surface area contributed by atoms with Crippen LogP contribution in [0, 0.1) is 5.92 Å². The van der Waals surface area contributed by atoms with E-state index in [1.807, 2.05) is 0 Å². The minimum Gasteiger partial charge on any atom is -0.478 e. The summed E-state index contributed by atoms with van der Waals surface area (Å²) in [6.45, 7) is 2.35. The van der Waals surface area contributed by atoms with E-state index < -0.39 is 17.7 Å². The van der Waals surface area contributed by atoms with Gasteiger partial charge in [-0.2, -0.15) is 4.89 Å². The molecular formula is C16H26O6. The predicted molar refractivity (Wildman–Crippen MR) is 80.1 cm³/mol. The van der Waals surface area contributed by atoms with Gasteiger partial charge in [0.15, 0.2) is 0 Å². The van der Waals surface area contributed by atoms with Crippen molar-refractivity contribution in [2.75, 3.05) is 6.61 Å². The lowest BCUT2D eigenvalue weighted by molar-refractivity contribution is -0.265. The molecule has 0 aromatic rings. The molecule has 2 N–H and O–H groups in total. The molecule has 6 nitrogen and oxygen atoms in total. The number of unbranched alkanes of at least 4 members (excludes halogenated alkanes) is 3. The van der Waals surface area contributed by atoms with Gasteiger partial charge in [0.2, 0.25) is 0 Å². The zero-order valence-corrected chi connectivity index (χ0v) is 13.2. The van der Waals surface area contributed by atoms with Crippen LogP contribution in [-0.4, -0.2) is 28.8 Å². The number of carboxylic acid groups (broad SMARTS) is 2. The fourth-order valence-corrected chi connectivity index (χ4v) is 2.73. The first-order valence-electron chi connectivity index (χ1n) is 8.08. The van der Waals surface area contributed by atoms with E-state index in [4.69, 9.17) is 9.78 Å². The minimum absolute atomic E-state index is 0.166. The average molecular weight is 314 g/mol. The third kappa shape index (κ3) is 6.05. The lowest BCUT2D eigenvalue weighted by atomic mass is 9.83. The number of carboxylic acids is 2. The Morgan fingerprint density at radius 3 is 2.23 bits per heavy atom. The average Bonchev–Trinajstić information content (AvgIpc) is 2.49. The van der Waals surface area contributed by atoms with E-state index in [0.717, 1.165) is 44.9 Å². The zero-order valence-electron chi connectivity index (χ0n) is 13.2. The van der Waals surface area contributed by atoms with Gasteiger partial charge in [-0.25, -0.2) is 9.59 Å². The Labute approximate surface area is 131 Å². The van der Waals surface area contributed by atoms with Crippen molar-refractivity contribution in [3.8, 4) is 0 Å². The van der Waals surface area contributed by atoms with Crippen LogP contribution in [0.3, 0.4) is 0 Å². The molecule has 0 amide bonds. The zero-order chi connectivity index (χ0) is 16.4. The van der Waals surface area contributed by atoms with Crippen molar-refractivity contribution in [2.45, 2.75) is 64.7 Å². The highest BCUT2D eigenvalue weighted by atomic mass is 17.2. The van der Waals surface area contributed by atoms with Crippen LogP contribution in [-0.2, 0) is 19.4 Å². The van der Waals surface area contributed by atoms with Gasteiger partial charge in [0.1, 0.15) is 0 Å². The van der Waals surface area contributed by atoms with Crippen molar-refractivity contribution >= 4 is 11.9 Å². The first-order valence-corrected chi connectivity index (χ1v) is 8.08. The molecule has 1 saturated carbocycles. The third-order valence-electron chi connectivity index (χ3n) is 3.91. The summed E-state index contributed by atoms with van der Waals surface area (Å²) in [5, 5.41) is 18.6. The van der Waals surface area contributed by atoms with Gasteiger partial charge in [0.05, 0.1) is 12.2 Å². The fraction of sp³-hybridized carbons (Fsp3) is 0.750. The molecule has 0 atom stereocenters. The SMILES string of the molecule is CCCCCCOOC(C(=O)O)=C(C(=O)O)C1CCCCC1. The molecule has 1 aliphatic rings. The normalized spacial score (nSPS) is 17.0. The van der Waals surface area contributed by atoms with E-state index in [2.05, 4.69) is 6.92 Å². The Balaban J connectivity index is 2.69. The quantitative estimate of drug-likeness (QED) is 0.211. The van der Waals surface area contributed by atoms with Gasteiger partial charge in [0.25, 0.3) is 5.76 Å². The second-order valence-electron chi connectivity index (χ2n) is 5.65. The summed E-state index contributed by atoms with van der Waals surface area (Å²) in [5.41, 5.74) is -0.166. The number of hydrogen-bond donors (Lipinski definition) is 2. The molecule has 0 saturated heterocycles. The lowest BCUT2D eigenvalue weighted by Gasteiger charge is -2.23. The summed E-state index contributed by atoms with van der Waals surface area (Å²) in [4.78, 5) is 32.6. The van der Waals surface area contributed by atoms with E-state index in [1.54, 1.807) is 0 Å². The van der Waals surface area contributed by atoms with Crippen LogP contribution in [0.2, 0.25) is 0 Å². The fourth-order valence-electron chi connectivity index (χ4n) is 2.73. The first-order chi connectivity index (χ1) is 10.6. The van der Waals surface area contributed by atoms with Crippen LogP contribution >= 0.6 is 0 Å². The van der Waals surface area contributed by atoms with Gasteiger partial charge in [-0.3, -0.25) is 0 Å². The first kappa shape index (κ1) is 18.5. The van der Waals surface area contributed by atoms with Crippen molar-refractivity contribution < 1.29 is 29.6 Å². The number of hydrogen-bond acceptors (Lipinski definition) is 4. The van der Waals surface area contributed by atoms with Crippen molar-refractivity contribution in [3.63, 3.8) is 0 Å². The van der Waals surface area contributed by atoms with E-state index in [1.165, 1.54) is 0 Å². The Hall–Kier alpha value is -1.56. The van der Waals surface area contributed by atoms with Crippen molar-refractivity contribution in [2.24, 2.45) is 5.92 Å². The summed E-state index contributed by atoms with van der Waals surface area (Å²) in [6.07, 6.45) is 8.13. The number of aliphatic carboxylic acids is 2. The van der Waals surface area contributed by atoms with Gasteiger partial charge in [0, 0.05) is 0 Å². The smallest absolute Gasteiger partial charge is 0.375 e. The van der Waals surface area contributed by atoms with Crippen LogP contribution < -0.4 is 0 Å². The highest BCUT2D eigenvalue weighted by molar-refractivity contribution is 5.97. The minimum atomic E-state index is -1.39. The molecule has 0 radical (unpaired) electrons. The monoisotopic (exact) mass is 314 g/mol. The topological polar surface area (TPSA) is 93.1 Å². The summed E-state index contributed by atoms with van der Waals surface area (Å²) in [7, 11) is 0. The molecule has 0 aromatic heterocycles. The van der Waals surface area contributed by atoms with Gasteiger partial charge >= 0.3 is 11.9 Å². The molecule has 0 aromatic carbocycles. The largest absolute Gasteiger partial charge is 0.478 e. The molecule has 126 valence electrons. The van der Waals surface area contributed by atoms with Gasteiger partial charge in [-0.05, 0) is 25.2 Å². The van der Waals surface area contributed by atoms with Crippen molar-refractivity contribution in [1.29, 1.82) is 0 Å². The number of rotatable bonds is 10. The van der Waals surface area contributed by atoms with E-state index in [-0.39, 0.29) is 18.1 Å². The molecule has 0 spiro atoms. The van der Waals surface area contributed by atoms with Gasteiger partial charge < -0.3 is 15.1 Å². The van der Waals surface area contributed by atoms with E-state index in [0.29, 0.717) is 12.8 Å². The highest BCUT2D eigenvalue weighted by Crippen LogP contribution is 2.32. The lowest BCUT2D eigenvalue weighted by Crippen LogP contribution is -2.22. The maximum atomic E-state index is 11.5. The Bertz CT molecular complexity index is 395. The third-order valence-corrected chi connectivity index (χ3v) is 3.91. The summed E-state index contributed by atoms with van der Waals surface area (Å²) >= 11 is 0. The number of carbonyl (C=O) groups is 2. The van der Waals surface area contributed by atoms with Crippen LogP contribution in [0.25, 0.3) is 0 Å². The standard InChI is InChI=1S/C16H26O6/c1-2-3-4-8-11-21-22-14(16(19)20)13(15(17)18)12-9-6-5-7-10-12/h12H,2-11H2,1H3,(H,17,18)(H,19,20). The van der Waals surface area contributed by atoms with Crippen molar-refractivity contribution in [3.05, 3.63) is 11.3 Å². The Kier molecular flexibility index (Phi) is 8.58. The van der Waals surface area contributed by atoms with Gasteiger partial charge in [-0.15, -0.1) is 0 Å². The van der Waals surface area contributed by atoms with Crippen LogP contribution in [0.15, 0.2) is 11.3 Å². The molecule has 0 heterocycles. The summed E-state index contributed by atoms with van der Waals surface area (Å²) in [5.74, 6) is -3.48. The molecule has 0 unspecified atom stereocenters. The van der Waals surface area contributed by atoms with E-state index in [9.17, 15) is 19.8 Å². The molecule has 22 heavy (non-hydrogen) atoms. The predicted octanol–water partition coefficient (Wildman–Crippen LogP) is 3.52. The molecule has 0 bridgehead atoms. The molecule has 1 fully saturated rings. The van der Waals surface area contributed by atoms with Crippen molar-refractivity contribution in [1.82, 2.24) is 0 Å². The maximum Gasteiger partial charge on any atom is 0.375 e. The molecule has 6 heteroatoms. The molecule has 0 aliphatic heterocycles. The molecule has 1 rings (SSSR count). The van der Waals surface area contributed by atoms with Crippen LogP contribution in [0.1, 0.15) is 64.7 Å². The molecule has 1 aliphatic carbocycles. The highest BCUT2D eigenvalue weighted by Gasteiger charge is 2.31. The Morgan fingerprint density at radius 1 is 1.00 bits per heavy atom. The van der Waals surface area contributed by atoms with Gasteiger partial charge in [-0.1, -0.05) is 45.4 Å². The summed E-state index contributed by atoms with van der Waals surface area (Å²) in [6, 6.07) is 0. The summed E-state index contributed by atoms with van der Waals surface area (Å²) < 4.78 is 0. The second-order valence-corrected chi connectivity index (χ2v) is 5.65. The Morgan fingerprint density at radius 2 is 1.68 bits per heavy atom.